The summed E-state index contributed by atoms with van der Waals surface area (Å²) >= 11 is 1.47. The molecule has 0 unspecified atom stereocenters. The molecule has 2 atom stereocenters. The first-order valence-corrected chi connectivity index (χ1v) is 9.26. The van der Waals surface area contributed by atoms with Gasteiger partial charge in [-0.25, -0.2) is 4.98 Å². The number of oxazole rings is 1. The number of benzene rings is 1. The van der Waals surface area contributed by atoms with Crippen molar-refractivity contribution in [3.05, 3.63) is 42.4 Å². The Balaban J connectivity index is 1.42. The molecule has 3 aliphatic rings. The van der Waals surface area contributed by atoms with E-state index in [2.05, 4.69) is 22.1 Å². The van der Waals surface area contributed by atoms with Gasteiger partial charge in [0.15, 0.2) is 5.09 Å². The molecule has 3 fully saturated rings. The van der Waals surface area contributed by atoms with Crippen molar-refractivity contribution in [2.45, 2.75) is 41.8 Å². The minimum atomic E-state index is -0.208. The maximum absolute atomic E-state index is 12.5. The number of fused-ring (bicyclic) bond motifs is 3. The highest BCUT2D eigenvalue weighted by atomic mass is 32.2. The van der Waals surface area contributed by atoms with Crippen LogP contribution in [-0.2, 0) is 0 Å². The zero-order chi connectivity index (χ0) is 16.5. The van der Waals surface area contributed by atoms with Gasteiger partial charge in [0.25, 0.3) is 5.89 Å². The van der Waals surface area contributed by atoms with Crippen molar-refractivity contribution < 1.29 is 9.21 Å². The topological polar surface area (TPSA) is 58.4 Å². The molecule has 2 aromatic rings. The molecular weight excluding hydrogens is 322 g/mol. The summed E-state index contributed by atoms with van der Waals surface area (Å²) in [7, 11) is 0. The molecule has 5 nitrogen and oxygen atoms in total. The Morgan fingerprint density at radius 2 is 2.04 bits per heavy atom. The molecule has 5 rings (SSSR count). The third-order valence-corrected chi connectivity index (χ3v) is 6.01. The molecule has 1 N–H and O–H groups in total. The molecule has 1 aromatic carbocycles. The van der Waals surface area contributed by atoms with Crippen LogP contribution in [0.4, 0.5) is 0 Å². The summed E-state index contributed by atoms with van der Waals surface area (Å²) in [6.45, 7) is 4.49. The van der Waals surface area contributed by atoms with E-state index in [1.807, 2.05) is 30.3 Å². The van der Waals surface area contributed by atoms with Crippen molar-refractivity contribution in [1.82, 2.24) is 15.2 Å². The van der Waals surface area contributed by atoms with Gasteiger partial charge in [-0.05, 0) is 50.9 Å². The largest absolute Gasteiger partial charge is 0.425 e. The van der Waals surface area contributed by atoms with Crippen molar-refractivity contribution in [2.24, 2.45) is 5.92 Å². The van der Waals surface area contributed by atoms with E-state index >= 15 is 0 Å². The average molecular weight is 343 g/mol. The molecule has 0 radical (unpaired) electrons. The zero-order valence-corrected chi connectivity index (χ0v) is 14.5. The number of hydrogen-bond acceptors (Lipinski definition) is 5. The molecular formula is C18H21N3O2S. The summed E-state index contributed by atoms with van der Waals surface area (Å²) in [6.07, 6.45) is 3.94. The van der Waals surface area contributed by atoms with Gasteiger partial charge in [0.2, 0.25) is 0 Å². The summed E-state index contributed by atoms with van der Waals surface area (Å²) < 4.78 is 5.63. The van der Waals surface area contributed by atoms with E-state index in [-0.39, 0.29) is 17.8 Å². The van der Waals surface area contributed by atoms with Crippen molar-refractivity contribution in [3.63, 3.8) is 0 Å². The molecule has 1 aromatic heterocycles. The number of carbonyl (C=O) groups excluding carboxylic acids is 1. The lowest BCUT2D eigenvalue weighted by atomic mass is 9.79. The number of nitrogens with one attached hydrogen (secondary N) is 1. The zero-order valence-electron chi connectivity index (χ0n) is 13.6. The predicted octanol–water partition coefficient (Wildman–Crippen LogP) is 3.04. The van der Waals surface area contributed by atoms with Gasteiger partial charge in [0.05, 0.1) is 6.20 Å². The summed E-state index contributed by atoms with van der Waals surface area (Å²) in [4.78, 5) is 20.2. The van der Waals surface area contributed by atoms with Crippen LogP contribution >= 0.6 is 11.8 Å². The summed E-state index contributed by atoms with van der Waals surface area (Å²) in [6, 6.07) is 10.5. The van der Waals surface area contributed by atoms with Gasteiger partial charge in [-0.1, -0.05) is 30.0 Å². The second-order valence-electron chi connectivity index (χ2n) is 6.51. The number of aromatic nitrogens is 1. The molecule has 0 spiro atoms. The first kappa shape index (κ1) is 15.7. The van der Waals surface area contributed by atoms with E-state index in [0.717, 1.165) is 30.8 Å². The fourth-order valence-corrected chi connectivity index (χ4v) is 4.53. The first-order chi connectivity index (χ1) is 11.7. The van der Waals surface area contributed by atoms with Crippen LogP contribution in [0.25, 0.3) is 0 Å². The second-order valence-corrected chi connectivity index (χ2v) is 7.59. The highest BCUT2D eigenvalue weighted by molar-refractivity contribution is 7.99. The van der Waals surface area contributed by atoms with Gasteiger partial charge in [0, 0.05) is 17.0 Å². The fourth-order valence-electron chi connectivity index (χ4n) is 3.77. The summed E-state index contributed by atoms with van der Waals surface area (Å²) in [5, 5.41) is 3.78. The van der Waals surface area contributed by atoms with E-state index in [0.29, 0.717) is 17.1 Å². The third-order valence-electron chi connectivity index (χ3n) is 5.12. The monoisotopic (exact) mass is 343 g/mol. The van der Waals surface area contributed by atoms with Crippen LogP contribution in [0.1, 0.15) is 30.5 Å². The number of hydrogen-bond donors (Lipinski definition) is 1. The Bertz CT molecular complexity index is 708. The Kier molecular flexibility index (Phi) is 4.33. The fraction of sp³-hybridized carbons (Fsp3) is 0.444. The van der Waals surface area contributed by atoms with Crippen LogP contribution in [0, 0.1) is 5.92 Å². The van der Waals surface area contributed by atoms with E-state index in [1.165, 1.54) is 11.8 Å². The van der Waals surface area contributed by atoms with E-state index in [9.17, 15) is 4.79 Å². The maximum atomic E-state index is 12.5. The van der Waals surface area contributed by atoms with Crippen LogP contribution in [0.2, 0.25) is 0 Å². The van der Waals surface area contributed by atoms with Crippen LogP contribution in [0.3, 0.4) is 0 Å². The number of rotatable bonds is 4. The Hall–Kier alpha value is -1.79. The molecule has 3 saturated heterocycles. The molecule has 2 bridgehead atoms. The van der Waals surface area contributed by atoms with Gasteiger partial charge in [-0.15, -0.1) is 0 Å². The van der Waals surface area contributed by atoms with Gasteiger partial charge in [-0.2, -0.15) is 0 Å². The predicted molar refractivity (Wildman–Crippen MR) is 92.1 cm³/mol. The minimum absolute atomic E-state index is 0.150. The molecule has 6 heteroatoms. The maximum Gasteiger partial charge on any atom is 0.307 e. The van der Waals surface area contributed by atoms with Crippen LogP contribution in [-0.4, -0.2) is 41.0 Å². The number of amides is 1. The quantitative estimate of drug-likeness (QED) is 0.925. The van der Waals surface area contributed by atoms with Crippen molar-refractivity contribution >= 4 is 17.7 Å². The molecule has 4 heterocycles. The SMILES string of the molecule is C[C@H]1[C@H](NC(=O)c2ncc(Sc3ccccc3)o2)C2CCN1CC2. The number of piperidine rings is 3. The molecule has 3 aliphatic heterocycles. The number of nitrogens with zero attached hydrogens (tertiary/aromatic N) is 2. The van der Waals surface area contributed by atoms with E-state index < -0.39 is 0 Å². The highest BCUT2D eigenvalue weighted by Gasteiger charge is 2.40. The van der Waals surface area contributed by atoms with Gasteiger partial charge < -0.3 is 9.73 Å². The summed E-state index contributed by atoms with van der Waals surface area (Å²) in [5.74, 6) is 0.514. The van der Waals surface area contributed by atoms with Crippen molar-refractivity contribution in [2.75, 3.05) is 13.1 Å². The Labute approximate surface area is 145 Å². The van der Waals surface area contributed by atoms with Gasteiger partial charge in [0.1, 0.15) is 0 Å². The molecule has 0 saturated carbocycles. The summed E-state index contributed by atoms with van der Waals surface area (Å²) in [5.41, 5.74) is 0. The minimum Gasteiger partial charge on any atom is -0.425 e. The first-order valence-electron chi connectivity index (χ1n) is 8.44. The third kappa shape index (κ3) is 3.08. The lowest BCUT2D eigenvalue weighted by Gasteiger charge is -2.49. The van der Waals surface area contributed by atoms with Crippen LogP contribution < -0.4 is 5.32 Å². The van der Waals surface area contributed by atoms with Gasteiger partial charge >= 0.3 is 5.91 Å². The average Bonchev–Trinajstić information content (AvgIpc) is 3.08. The molecule has 1 amide bonds. The second kappa shape index (κ2) is 6.61. The van der Waals surface area contributed by atoms with Gasteiger partial charge in [-0.3, -0.25) is 9.69 Å². The molecule has 126 valence electrons. The van der Waals surface area contributed by atoms with Crippen molar-refractivity contribution in [1.29, 1.82) is 0 Å². The highest BCUT2D eigenvalue weighted by Crippen LogP contribution is 2.32. The smallest absolute Gasteiger partial charge is 0.307 e. The lowest BCUT2D eigenvalue weighted by molar-refractivity contribution is 0.0209. The van der Waals surface area contributed by atoms with Crippen LogP contribution in [0.5, 0.6) is 0 Å². The lowest BCUT2D eigenvalue weighted by Crippen LogP contribution is -2.62. The number of carbonyl (C=O) groups is 1. The van der Waals surface area contributed by atoms with E-state index in [4.69, 9.17) is 4.42 Å². The standard InChI is InChI=1S/C18H21N3O2S/c1-12-16(13-7-9-21(12)10-8-13)20-17(22)18-19-11-15(23-18)24-14-5-3-2-4-6-14/h2-6,11-13,16H,7-10H2,1H3,(H,20,22)/t12-,16-/m0/s1. The molecule has 24 heavy (non-hydrogen) atoms. The Morgan fingerprint density at radius 1 is 1.29 bits per heavy atom. The Morgan fingerprint density at radius 3 is 2.75 bits per heavy atom. The van der Waals surface area contributed by atoms with Crippen molar-refractivity contribution in [3.8, 4) is 0 Å². The van der Waals surface area contributed by atoms with E-state index in [1.54, 1.807) is 6.20 Å². The molecule has 0 aliphatic carbocycles. The normalized spacial score (nSPS) is 28.7. The van der Waals surface area contributed by atoms with Crippen LogP contribution in [0.15, 0.2) is 50.9 Å².